The minimum atomic E-state index is -4.30. The van der Waals surface area contributed by atoms with Gasteiger partial charge < -0.3 is 20.1 Å². The third-order valence-corrected chi connectivity index (χ3v) is 9.53. The molecule has 8 nitrogen and oxygen atoms in total. The molecule has 0 aromatic rings. The van der Waals surface area contributed by atoms with Gasteiger partial charge in [0, 0.05) is 19.6 Å². The Morgan fingerprint density at radius 2 is 1.02 bits per heavy atom. The van der Waals surface area contributed by atoms with Gasteiger partial charge in [-0.25, -0.2) is 4.57 Å². The molecule has 0 saturated heterocycles. The number of hydrogen-bond donors (Lipinski definition) is 2. The van der Waals surface area contributed by atoms with Crippen LogP contribution in [0.2, 0.25) is 0 Å². The molecular formula is C46H80NO7P. The van der Waals surface area contributed by atoms with Gasteiger partial charge >= 0.3 is 13.8 Å². The van der Waals surface area contributed by atoms with Crippen molar-refractivity contribution in [2.45, 2.75) is 168 Å². The third kappa shape index (κ3) is 42.7. The Kier molecular flexibility index (Phi) is 41.0. The number of carbonyl (C=O) groups excluding carboxylic acids is 1. The van der Waals surface area contributed by atoms with Gasteiger partial charge in [-0.05, 0) is 83.5 Å². The third-order valence-electron chi connectivity index (χ3n) is 8.55. The molecule has 0 amide bonds. The predicted octanol–water partition coefficient (Wildman–Crippen LogP) is 12.9. The molecule has 9 heteroatoms. The first-order valence-corrected chi connectivity index (χ1v) is 23.1. The molecule has 0 bridgehead atoms. The Morgan fingerprint density at radius 1 is 0.564 bits per heavy atom. The highest BCUT2D eigenvalue weighted by Gasteiger charge is 2.25. The van der Waals surface area contributed by atoms with Gasteiger partial charge in [-0.2, -0.15) is 0 Å². The average Bonchev–Trinajstić information content (AvgIpc) is 3.17. The lowest BCUT2D eigenvalue weighted by molar-refractivity contribution is -0.154. The van der Waals surface area contributed by atoms with E-state index in [-0.39, 0.29) is 32.8 Å². The largest absolute Gasteiger partial charge is 0.472 e. The summed E-state index contributed by atoms with van der Waals surface area (Å²) < 4.78 is 33.4. The minimum absolute atomic E-state index is 0.0845. The molecule has 2 unspecified atom stereocenters. The Morgan fingerprint density at radius 3 is 1.53 bits per heavy atom. The van der Waals surface area contributed by atoms with Gasteiger partial charge in [0.05, 0.1) is 19.8 Å². The van der Waals surface area contributed by atoms with Crippen LogP contribution in [0.4, 0.5) is 0 Å². The molecule has 0 aliphatic heterocycles. The number of nitrogens with two attached hydrogens (primary N) is 1. The number of phosphoric acid groups is 1. The second-order valence-corrected chi connectivity index (χ2v) is 15.3. The van der Waals surface area contributed by atoms with Crippen LogP contribution < -0.4 is 5.73 Å². The zero-order chi connectivity index (χ0) is 40.2. The second-order valence-electron chi connectivity index (χ2n) is 13.8. The molecule has 3 N–H and O–H groups in total. The van der Waals surface area contributed by atoms with E-state index in [9.17, 15) is 14.3 Å². The topological polar surface area (TPSA) is 117 Å². The Hall–Kier alpha value is -2.32. The summed E-state index contributed by atoms with van der Waals surface area (Å²) in [5.74, 6) is -0.392. The summed E-state index contributed by atoms with van der Waals surface area (Å²) in [6.45, 7) is 4.68. The van der Waals surface area contributed by atoms with E-state index in [4.69, 9.17) is 24.3 Å². The number of ether oxygens (including phenoxy) is 2. The molecule has 0 aliphatic carbocycles. The van der Waals surface area contributed by atoms with Crippen molar-refractivity contribution in [3.63, 3.8) is 0 Å². The van der Waals surface area contributed by atoms with Crippen molar-refractivity contribution in [1.82, 2.24) is 0 Å². The zero-order valence-electron chi connectivity index (χ0n) is 34.9. The van der Waals surface area contributed by atoms with Gasteiger partial charge in [0.25, 0.3) is 0 Å². The van der Waals surface area contributed by atoms with Gasteiger partial charge in [0.2, 0.25) is 0 Å². The van der Waals surface area contributed by atoms with E-state index in [1.165, 1.54) is 77.0 Å². The Labute approximate surface area is 337 Å². The van der Waals surface area contributed by atoms with E-state index in [2.05, 4.69) is 98.9 Å². The van der Waals surface area contributed by atoms with Crippen molar-refractivity contribution >= 4 is 13.8 Å². The molecule has 0 heterocycles. The molecule has 0 fully saturated rings. The van der Waals surface area contributed by atoms with Crippen LogP contribution in [0.1, 0.15) is 162 Å². The SMILES string of the molecule is CC/C=C\C/C=C\C/C=C\C/C=C\C/C=C\CCCC(=O)OC(COCCCCCCCCCC/C=C\C/C=C\CCCCCC)COP(=O)(O)OCCN. The number of hydrogen-bond acceptors (Lipinski definition) is 7. The summed E-state index contributed by atoms with van der Waals surface area (Å²) in [7, 11) is -4.30. The van der Waals surface area contributed by atoms with Crippen LogP contribution in [0.25, 0.3) is 0 Å². The van der Waals surface area contributed by atoms with Gasteiger partial charge in [0.15, 0.2) is 0 Å². The minimum Gasteiger partial charge on any atom is -0.457 e. The molecule has 316 valence electrons. The zero-order valence-corrected chi connectivity index (χ0v) is 35.8. The molecule has 2 atom stereocenters. The van der Waals surface area contributed by atoms with Crippen LogP contribution >= 0.6 is 7.82 Å². The Bertz CT molecular complexity index is 1110. The molecule has 0 aliphatic rings. The van der Waals surface area contributed by atoms with Gasteiger partial charge in [-0.3, -0.25) is 13.8 Å². The molecule has 0 rings (SSSR count). The first-order chi connectivity index (χ1) is 26.9. The lowest BCUT2D eigenvalue weighted by atomic mass is 10.1. The maximum absolute atomic E-state index is 12.6. The number of carbonyl (C=O) groups is 1. The summed E-state index contributed by atoms with van der Waals surface area (Å²) in [4.78, 5) is 22.5. The van der Waals surface area contributed by atoms with Crippen molar-refractivity contribution in [1.29, 1.82) is 0 Å². The van der Waals surface area contributed by atoms with Crippen LogP contribution in [0.5, 0.6) is 0 Å². The first kappa shape index (κ1) is 52.7. The van der Waals surface area contributed by atoms with Crippen LogP contribution in [-0.4, -0.2) is 49.9 Å². The summed E-state index contributed by atoms with van der Waals surface area (Å²) in [5, 5.41) is 0. The molecule has 0 saturated carbocycles. The fourth-order valence-corrected chi connectivity index (χ4v) is 6.18. The molecule has 55 heavy (non-hydrogen) atoms. The summed E-state index contributed by atoms with van der Waals surface area (Å²) >= 11 is 0. The lowest BCUT2D eigenvalue weighted by Crippen LogP contribution is -2.28. The maximum atomic E-state index is 12.6. The average molecular weight is 790 g/mol. The van der Waals surface area contributed by atoms with Crippen molar-refractivity contribution < 1.29 is 32.8 Å². The fourth-order valence-electron chi connectivity index (χ4n) is 5.41. The van der Waals surface area contributed by atoms with Gasteiger partial charge in [-0.15, -0.1) is 0 Å². The Balaban J connectivity index is 4.15. The van der Waals surface area contributed by atoms with Crippen LogP contribution in [0.3, 0.4) is 0 Å². The van der Waals surface area contributed by atoms with Crippen LogP contribution in [0.15, 0.2) is 85.1 Å². The van der Waals surface area contributed by atoms with Crippen molar-refractivity contribution in [3.05, 3.63) is 85.1 Å². The number of esters is 1. The summed E-state index contributed by atoms with van der Waals surface area (Å²) in [6, 6.07) is 0. The summed E-state index contributed by atoms with van der Waals surface area (Å²) in [5.41, 5.74) is 5.36. The van der Waals surface area contributed by atoms with Crippen molar-refractivity contribution in [3.8, 4) is 0 Å². The number of unbranched alkanes of at least 4 members (excludes halogenated alkanes) is 13. The van der Waals surface area contributed by atoms with Crippen molar-refractivity contribution in [2.24, 2.45) is 5.73 Å². The smallest absolute Gasteiger partial charge is 0.457 e. The maximum Gasteiger partial charge on any atom is 0.472 e. The molecule has 0 aromatic heterocycles. The molecular weight excluding hydrogens is 709 g/mol. The van der Waals surface area contributed by atoms with Crippen LogP contribution in [0, 0.1) is 0 Å². The van der Waals surface area contributed by atoms with Crippen LogP contribution in [-0.2, 0) is 27.9 Å². The van der Waals surface area contributed by atoms with Gasteiger partial charge in [-0.1, -0.05) is 157 Å². The van der Waals surface area contributed by atoms with E-state index in [0.717, 1.165) is 57.8 Å². The first-order valence-electron chi connectivity index (χ1n) is 21.6. The number of phosphoric ester groups is 1. The standard InChI is InChI=1S/C46H80NO7P/c1-3-5-7-9-11-13-15-17-19-21-22-24-26-28-30-32-34-36-38-41-51-43-45(44-53-55(49,50)52-42-40-47)54-46(48)39-37-35-33-31-29-27-25-23-20-18-16-14-12-10-8-6-4-2/h6,8,12-15,18-21,25,27,31,33,45H,3-5,7,9-11,16-17,22-24,26,28-30,32,34-44,47H2,1-2H3,(H,49,50)/b8-6-,14-12-,15-13-,20-18-,21-19-,27-25-,33-31-. The van der Waals surface area contributed by atoms with E-state index in [1.807, 2.05) is 0 Å². The van der Waals surface area contributed by atoms with E-state index in [1.54, 1.807) is 0 Å². The second kappa shape index (κ2) is 42.8. The van der Waals surface area contributed by atoms with E-state index in [0.29, 0.717) is 13.0 Å². The van der Waals surface area contributed by atoms with Gasteiger partial charge in [0.1, 0.15) is 6.10 Å². The van der Waals surface area contributed by atoms with Crippen molar-refractivity contribution in [2.75, 3.05) is 33.0 Å². The highest BCUT2D eigenvalue weighted by Crippen LogP contribution is 2.43. The van der Waals surface area contributed by atoms with E-state index < -0.39 is 19.9 Å². The lowest BCUT2D eigenvalue weighted by Gasteiger charge is -2.20. The predicted molar refractivity (Wildman–Crippen MR) is 233 cm³/mol. The molecule has 0 aromatic carbocycles. The molecule has 0 spiro atoms. The highest BCUT2D eigenvalue weighted by molar-refractivity contribution is 7.47. The normalized spacial score (nSPS) is 14.3. The quantitative estimate of drug-likeness (QED) is 0.0273. The highest BCUT2D eigenvalue weighted by atomic mass is 31.2. The number of rotatable bonds is 40. The monoisotopic (exact) mass is 790 g/mol. The molecule has 0 radical (unpaired) electrons. The number of allylic oxidation sites excluding steroid dienone is 14. The summed E-state index contributed by atoms with van der Waals surface area (Å²) in [6.07, 6.45) is 54.6. The van der Waals surface area contributed by atoms with E-state index >= 15 is 0 Å². The fraction of sp³-hybridized carbons (Fsp3) is 0.674.